The molecule has 3 aliphatic rings. The largest absolute Gasteiger partial charge is 0.508 e. The molecule has 1 amide bonds. The molecule has 0 radical (unpaired) electrons. The molecule has 5 atom stereocenters. The van der Waals surface area contributed by atoms with Crippen LogP contribution in [0.5, 0.6) is 5.75 Å². The number of phenolic OH excluding ortho intramolecular Hbond substituents is 1. The first-order valence-electron chi connectivity index (χ1n) is 12.0. The number of phenols is 1. The Hall–Kier alpha value is -2.69. The highest BCUT2D eigenvalue weighted by Crippen LogP contribution is 2.61. The van der Waals surface area contributed by atoms with Crippen molar-refractivity contribution in [3.05, 3.63) is 59.4 Å². The number of nitrogens with zero attached hydrogens (tertiary/aromatic N) is 1. The molecule has 0 spiro atoms. The number of amides is 1. The van der Waals surface area contributed by atoms with Gasteiger partial charge in [0.05, 0.1) is 0 Å². The van der Waals surface area contributed by atoms with E-state index in [1.165, 1.54) is 11.1 Å². The first-order chi connectivity index (χ1) is 15.5. The smallest absolute Gasteiger partial charge is 0.220 e. The number of aromatic hydroxyl groups is 1. The molecule has 0 saturated heterocycles. The predicted octanol–water partition coefficient (Wildman–Crippen LogP) is 4.19. The van der Waals surface area contributed by atoms with E-state index in [4.69, 9.17) is 0 Å². The topological polar surface area (TPSA) is 79.3 Å². The summed E-state index contributed by atoms with van der Waals surface area (Å²) in [7, 11) is 0. The highest BCUT2D eigenvalue weighted by molar-refractivity contribution is 5.93. The zero-order chi connectivity index (χ0) is 22.3. The molecule has 0 bridgehead atoms. The summed E-state index contributed by atoms with van der Waals surface area (Å²) in [6, 6.07) is 11.6. The molecule has 1 aromatic carbocycles. The van der Waals surface area contributed by atoms with Crippen LogP contribution in [-0.2, 0) is 22.4 Å². The molecule has 0 aliphatic heterocycles. The number of hydrogen-bond donors (Lipinski definition) is 2. The number of aryl methyl sites for hydroxylation is 1. The van der Waals surface area contributed by atoms with Crippen LogP contribution in [0.4, 0.5) is 0 Å². The van der Waals surface area contributed by atoms with Gasteiger partial charge in [0.25, 0.3) is 0 Å². The van der Waals surface area contributed by atoms with Crippen molar-refractivity contribution >= 4 is 11.7 Å². The van der Waals surface area contributed by atoms with Gasteiger partial charge in [0, 0.05) is 42.6 Å². The van der Waals surface area contributed by atoms with E-state index in [9.17, 15) is 14.7 Å². The molecule has 2 saturated carbocycles. The summed E-state index contributed by atoms with van der Waals surface area (Å²) in [5, 5.41) is 12.9. The lowest BCUT2D eigenvalue weighted by Gasteiger charge is -2.48. The molecule has 2 N–H and O–H groups in total. The Balaban J connectivity index is 1.24. The summed E-state index contributed by atoms with van der Waals surface area (Å²) < 4.78 is 0. The first kappa shape index (κ1) is 21.2. The Morgan fingerprint density at radius 1 is 1.25 bits per heavy atom. The van der Waals surface area contributed by atoms with Crippen molar-refractivity contribution in [2.45, 2.75) is 57.8 Å². The number of Topliss-reactive ketones (excluding diaryl/α,β-unsaturated/α-hetero) is 1. The molecule has 168 valence electrons. The van der Waals surface area contributed by atoms with Crippen molar-refractivity contribution in [2.75, 3.05) is 6.54 Å². The molecular weight excluding hydrogens is 400 g/mol. The number of ketones is 1. The van der Waals surface area contributed by atoms with Gasteiger partial charge in [-0.05, 0) is 85.3 Å². The van der Waals surface area contributed by atoms with Crippen LogP contribution in [0, 0.1) is 23.2 Å². The zero-order valence-corrected chi connectivity index (χ0v) is 18.7. The molecule has 2 aromatic rings. The second-order valence-corrected chi connectivity index (χ2v) is 10.2. The van der Waals surface area contributed by atoms with E-state index in [0.29, 0.717) is 48.7 Å². The molecule has 5 nitrogen and oxygen atoms in total. The number of fused-ring (bicyclic) bond motifs is 5. The Bertz CT molecular complexity index is 1020. The third kappa shape index (κ3) is 3.72. The average Bonchev–Trinajstić information content (AvgIpc) is 3.04. The van der Waals surface area contributed by atoms with Crippen molar-refractivity contribution < 1.29 is 14.7 Å². The van der Waals surface area contributed by atoms with Crippen LogP contribution in [0.15, 0.2) is 42.6 Å². The van der Waals surface area contributed by atoms with Gasteiger partial charge in [-0.1, -0.05) is 19.1 Å². The normalized spacial score (nSPS) is 30.8. The minimum absolute atomic E-state index is 0.0254. The molecule has 1 aromatic heterocycles. The third-order valence-electron chi connectivity index (χ3n) is 8.43. The summed E-state index contributed by atoms with van der Waals surface area (Å²) >= 11 is 0. The second-order valence-electron chi connectivity index (χ2n) is 10.2. The summed E-state index contributed by atoms with van der Waals surface area (Å²) in [5.74, 6) is 1.76. The number of carbonyl (C=O) groups excluding carboxylic acids is 2. The van der Waals surface area contributed by atoms with E-state index < -0.39 is 0 Å². The standard InChI is InChI=1S/C27H32N2O3/c1-27-11-9-22-21-8-6-20(30)14-17(21)5-7-23(22)24(27)15-18(26(27)32)16-25(31)29-13-10-19-4-2-3-12-28-19/h2-4,6,8,12,14,18,22-24,30H,5,7,9-11,13,15-16H2,1H3,(H,29,31)/t18?,22-,23-,24+,27+/m1/s1. The predicted molar refractivity (Wildman–Crippen MR) is 122 cm³/mol. The van der Waals surface area contributed by atoms with E-state index in [1.807, 2.05) is 24.3 Å². The fraction of sp³-hybridized carbons (Fsp3) is 0.519. The van der Waals surface area contributed by atoms with Crippen molar-refractivity contribution in [3.63, 3.8) is 0 Å². The number of pyridine rings is 1. The van der Waals surface area contributed by atoms with Crippen molar-refractivity contribution in [1.82, 2.24) is 10.3 Å². The van der Waals surface area contributed by atoms with E-state index in [2.05, 4.69) is 23.3 Å². The minimum atomic E-state index is -0.297. The highest BCUT2D eigenvalue weighted by Gasteiger charge is 2.58. The molecule has 1 unspecified atom stereocenters. The van der Waals surface area contributed by atoms with Gasteiger partial charge in [0.1, 0.15) is 11.5 Å². The van der Waals surface area contributed by atoms with E-state index >= 15 is 0 Å². The van der Waals surface area contributed by atoms with Crippen LogP contribution in [0.1, 0.15) is 61.8 Å². The van der Waals surface area contributed by atoms with Gasteiger partial charge in [-0.15, -0.1) is 0 Å². The van der Waals surface area contributed by atoms with Crippen molar-refractivity contribution in [2.24, 2.45) is 23.2 Å². The monoisotopic (exact) mass is 432 g/mol. The van der Waals surface area contributed by atoms with Gasteiger partial charge in [0.2, 0.25) is 5.91 Å². The summed E-state index contributed by atoms with van der Waals surface area (Å²) in [5.41, 5.74) is 3.29. The van der Waals surface area contributed by atoms with Crippen LogP contribution in [0.3, 0.4) is 0 Å². The second kappa shape index (κ2) is 8.34. The lowest BCUT2D eigenvalue weighted by atomic mass is 9.55. The average molecular weight is 433 g/mol. The van der Waals surface area contributed by atoms with Gasteiger partial charge in [-0.2, -0.15) is 0 Å². The van der Waals surface area contributed by atoms with Gasteiger partial charge in [-0.25, -0.2) is 0 Å². The Morgan fingerprint density at radius 2 is 2.12 bits per heavy atom. The lowest BCUT2D eigenvalue weighted by Crippen LogP contribution is -2.42. The number of benzene rings is 1. The van der Waals surface area contributed by atoms with Gasteiger partial charge in [0.15, 0.2) is 0 Å². The quantitative estimate of drug-likeness (QED) is 0.743. The fourth-order valence-electron chi connectivity index (χ4n) is 6.86. The highest BCUT2D eigenvalue weighted by atomic mass is 16.3. The fourth-order valence-corrected chi connectivity index (χ4v) is 6.86. The molecule has 32 heavy (non-hydrogen) atoms. The van der Waals surface area contributed by atoms with E-state index in [0.717, 1.165) is 37.8 Å². The van der Waals surface area contributed by atoms with Crippen LogP contribution in [-0.4, -0.2) is 28.3 Å². The number of nitrogens with one attached hydrogen (secondary N) is 1. The number of carbonyl (C=O) groups is 2. The van der Waals surface area contributed by atoms with Crippen LogP contribution >= 0.6 is 0 Å². The minimum Gasteiger partial charge on any atom is -0.508 e. The van der Waals surface area contributed by atoms with Crippen LogP contribution in [0.25, 0.3) is 0 Å². The Kier molecular flexibility index (Phi) is 5.52. The van der Waals surface area contributed by atoms with Crippen molar-refractivity contribution in [1.29, 1.82) is 0 Å². The SMILES string of the molecule is C[C@]12CC[C@@H]3c4ccc(O)cc4CC[C@H]3[C@@H]1CC(CC(=O)NCCc1ccccn1)C2=O. The third-order valence-corrected chi connectivity index (χ3v) is 8.43. The molecule has 5 heteroatoms. The lowest BCUT2D eigenvalue weighted by molar-refractivity contribution is -0.134. The van der Waals surface area contributed by atoms with E-state index in [1.54, 1.807) is 12.3 Å². The maximum atomic E-state index is 13.4. The maximum Gasteiger partial charge on any atom is 0.220 e. The molecule has 3 aliphatic carbocycles. The maximum absolute atomic E-state index is 13.4. The van der Waals surface area contributed by atoms with E-state index in [-0.39, 0.29) is 17.2 Å². The van der Waals surface area contributed by atoms with Gasteiger partial charge < -0.3 is 10.4 Å². The first-order valence-corrected chi connectivity index (χ1v) is 12.0. The number of hydrogen-bond acceptors (Lipinski definition) is 4. The molecular formula is C27H32N2O3. The van der Waals surface area contributed by atoms with Gasteiger partial charge in [-0.3, -0.25) is 14.6 Å². The number of rotatable bonds is 5. The molecule has 1 heterocycles. The Morgan fingerprint density at radius 3 is 2.94 bits per heavy atom. The summed E-state index contributed by atoms with van der Waals surface area (Å²) in [6.45, 7) is 2.70. The van der Waals surface area contributed by atoms with Crippen molar-refractivity contribution in [3.8, 4) is 5.75 Å². The van der Waals surface area contributed by atoms with Crippen LogP contribution < -0.4 is 5.32 Å². The summed E-state index contributed by atoms with van der Waals surface area (Å²) in [6.07, 6.45) is 7.54. The summed E-state index contributed by atoms with van der Waals surface area (Å²) in [4.78, 5) is 30.3. The Labute approximate surface area is 189 Å². The van der Waals surface area contributed by atoms with Gasteiger partial charge >= 0.3 is 0 Å². The number of aromatic nitrogens is 1. The zero-order valence-electron chi connectivity index (χ0n) is 18.7. The molecule has 2 fully saturated rings. The van der Waals surface area contributed by atoms with Crippen LogP contribution in [0.2, 0.25) is 0 Å². The molecule has 5 rings (SSSR count).